The fourth-order valence-electron chi connectivity index (χ4n) is 8.04. The Morgan fingerprint density at radius 1 is 0.208 bits per heavy atom. The lowest BCUT2D eigenvalue weighted by molar-refractivity contribution is 1.64. The van der Waals surface area contributed by atoms with Crippen LogP contribution in [0.4, 0.5) is 0 Å². The van der Waals surface area contributed by atoms with E-state index in [-0.39, 0.29) is 0 Å². The van der Waals surface area contributed by atoms with Gasteiger partial charge in [-0.3, -0.25) is 0 Å². The maximum atomic E-state index is 2.40. The number of benzene rings is 10. The van der Waals surface area contributed by atoms with Gasteiger partial charge in [-0.15, -0.1) is 0 Å². The Bertz CT molecular complexity index is 2830. The van der Waals surface area contributed by atoms with Gasteiger partial charge in [0.15, 0.2) is 0 Å². The molecule has 10 rings (SSSR count). The lowest BCUT2D eigenvalue weighted by Gasteiger charge is -2.19. The Morgan fingerprint density at radius 3 is 1.29 bits per heavy atom. The summed E-state index contributed by atoms with van der Waals surface area (Å²) in [5.41, 5.74) is 7.54. The summed E-state index contributed by atoms with van der Waals surface area (Å²) >= 11 is 0. The quantitative estimate of drug-likeness (QED) is 0.139. The second kappa shape index (κ2) is 10.7. The van der Waals surface area contributed by atoms with Crippen LogP contribution in [-0.4, -0.2) is 0 Å². The lowest BCUT2D eigenvalue weighted by Crippen LogP contribution is -1.92. The van der Waals surface area contributed by atoms with Crippen molar-refractivity contribution < 1.29 is 0 Å². The highest BCUT2D eigenvalue weighted by Gasteiger charge is 2.18. The van der Waals surface area contributed by atoms with Gasteiger partial charge in [-0.25, -0.2) is 0 Å². The van der Waals surface area contributed by atoms with Crippen LogP contribution in [0.25, 0.3) is 98.0 Å². The van der Waals surface area contributed by atoms with Crippen LogP contribution in [0.15, 0.2) is 182 Å². The molecule has 0 N–H and O–H groups in total. The zero-order valence-corrected chi connectivity index (χ0v) is 26.3. The van der Waals surface area contributed by atoms with Gasteiger partial charge in [0.2, 0.25) is 0 Å². The molecule has 0 aliphatic carbocycles. The molecule has 48 heavy (non-hydrogen) atoms. The van der Waals surface area contributed by atoms with Crippen molar-refractivity contribution in [3.8, 4) is 33.4 Å². The summed E-state index contributed by atoms with van der Waals surface area (Å²) in [6.07, 6.45) is 0. The summed E-state index contributed by atoms with van der Waals surface area (Å²) < 4.78 is 0. The van der Waals surface area contributed by atoms with Crippen molar-refractivity contribution in [3.63, 3.8) is 0 Å². The summed E-state index contributed by atoms with van der Waals surface area (Å²) in [4.78, 5) is 0. The molecule has 0 heteroatoms. The van der Waals surface area contributed by atoms with Gasteiger partial charge in [0.1, 0.15) is 0 Å². The molecule has 0 saturated carbocycles. The summed E-state index contributed by atoms with van der Waals surface area (Å²) in [6.45, 7) is 0. The minimum atomic E-state index is 1.23. The molecule has 0 unspecified atom stereocenters. The Labute approximate surface area is 279 Å². The molecule has 0 saturated heterocycles. The van der Waals surface area contributed by atoms with Gasteiger partial charge in [0, 0.05) is 0 Å². The van der Waals surface area contributed by atoms with Crippen LogP contribution >= 0.6 is 0 Å². The Morgan fingerprint density at radius 2 is 0.646 bits per heavy atom. The first kappa shape index (κ1) is 26.9. The van der Waals surface area contributed by atoms with Crippen LogP contribution in [0.5, 0.6) is 0 Å². The molecule has 0 amide bonds. The second-order valence-corrected chi connectivity index (χ2v) is 12.8. The van der Waals surface area contributed by atoms with E-state index in [9.17, 15) is 0 Å². The van der Waals surface area contributed by atoms with Crippen molar-refractivity contribution in [3.05, 3.63) is 182 Å². The molecule has 222 valence electrons. The maximum Gasteiger partial charge on any atom is -0.00261 e. The average molecular weight is 607 g/mol. The molecule has 10 aromatic rings. The van der Waals surface area contributed by atoms with E-state index in [0.717, 1.165) is 0 Å². The van der Waals surface area contributed by atoms with Crippen LogP contribution in [0.1, 0.15) is 0 Å². The van der Waals surface area contributed by atoms with Crippen molar-refractivity contribution in [2.75, 3.05) is 0 Å². The van der Waals surface area contributed by atoms with Gasteiger partial charge >= 0.3 is 0 Å². The Balaban J connectivity index is 1.24. The Hall–Kier alpha value is -6.24. The SMILES string of the molecule is c1cc(-c2c3ccccc3c(-c3ccc4ccc5ccccc5c4c3)c3ccccc23)cc(-c2cc3ccccc3c3ccccc23)c1. The van der Waals surface area contributed by atoms with Gasteiger partial charge in [-0.2, -0.15) is 0 Å². The standard InChI is InChI=1S/C48H30/c1-3-16-37-31(12-1)24-25-32-26-27-36(30-45(32)37)48-43-22-9-7-20-41(43)47(42-21-8-10-23-44(42)48)35-15-11-14-33(28-35)46-29-34-13-2-4-17-38(34)39-18-5-6-19-40(39)46/h1-30H. The second-order valence-electron chi connectivity index (χ2n) is 12.8. The van der Waals surface area contributed by atoms with Crippen LogP contribution in [0.2, 0.25) is 0 Å². The molecule has 0 aromatic heterocycles. The van der Waals surface area contributed by atoms with Crippen LogP contribution in [-0.2, 0) is 0 Å². The zero-order valence-electron chi connectivity index (χ0n) is 26.3. The molecule has 0 aliphatic rings. The molecule has 0 atom stereocenters. The third-order valence-corrected chi connectivity index (χ3v) is 10.2. The predicted octanol–water partition coefficient (Wildman–Crippen LogP) is 13.6. The third kappa shape index (κ3) is 4.10. The molecule has 10 aromatic carbocycles. The highest BCUT2D eigenvalue weighted by molar-refractivity contribution is 6.22. The van der Waals surface area contributed by atoms with Gasteiger partial charge in [0.05, 0.1) is 0 Å². The van der Waals surface area contributed by atoms with Crippen LogP contribution < -0.4 is 0 Å². The summed E-state index contributed by atoms with van der Waals surface area (Å²) in [5.74, 6) is 0. The summed E-state index contributed by atoms with van der Waals surface area (Å²) in [6, 6.07) is 67.1. The minimum Gasteiger partial charge on any atom is -0.0616 e. The fraction of sp³-hybridized carbons (Fsp3) is 0. The van der Waals surface area contributed by atoms with Crippen LogP contribution in [0.3, 0.4) is 0 Å². The molecule has 0 heterocycles. The number of rotatable bonds is 3. The van der Waals surface area contributed by atoms with Gasteiger partial charge in [-0.05, 0) is 116 Å². The first-order valence-electron chi connectivity index (χ1n) is 16.7. The first-order chi connectivity index (χ1) is 23.8. The highest BCUT2D eigenvalue weighted by atomic mass is 14.2. The molecule has 0 radical (unpaired) electrons. The highest BCUT2D eigenvalue weighted by Crippen LogP contribution is 2.45. The molecular formula is C48H30. The monoisotopic (exact) mass is 606 g/mol. The predicted molar refractivity (Wildman–Crippen MR) is 208 cm³/mol. The topological polar surface area (TPSA) is 0 Å². The lowest BCUT2D eigenvalue weighted by atomic mass is 9.84. The molecule has 0 fully saturated rings. The van der Waals surface area contributed by atoms with E-state index in [1.807, 2.05) is 0 Å². The van der Waals surface area contributed by atoms with E-state index in [4.69, 9.17) is 0 Å². The number of fused-ring (bicyclic) bond motifs is 8. The van der Waals surface area contributed by atoms with E-state index in [1.165, 1.54) is 98.0 Å². The molecule has 0 nitrogen and oxygen atoms in total. The summed E-state index contributed by atoms with van der Waals surface area (Å²) in [7, 11) is 0. The fourth-order valence-corrected chi connectivity index (χ4v) is 8.04. The third-order valence-electron chi connectivity index (χ3n) is 10.2. The molecular weight excluding hydrogens is 577 g/mol. The van der Waals surface area contributed by atoms with E-state index in [0.29, 0.717) is 0 Å². The molecule has 0 spiro atoms. The Kier molecular flexibility index (Phi) is 5.98. The van der Waals surface area contributed by atoms with E-state index in [2.05, 4.69) is 182 Å². The van der Waals surface area contributed by atoms with Crippen molar-refractivity contribution in [2.45, 2.75) is 0 Å². The van der Waals surface area contributed by atoms with Gasteiger partial charge in [0.25, 0.3) is 0 Å². The van der Waals surface area contributed by atoms with Crippen LogP contribution in [0, 0.1) is 0 Å². The zero-order chi connectivity index (χ0) is 31.6. The molecule has 0 bridgehead atoms. The van der Waals surface area contributed by atoms with Crippen molar-refractivity contribution in [1.82, 2.24) is 0 Å². The number of hydrogen-bond acceptors (Lipinski definition) is 0. The first-order valence-corrected chi connectivity index (χ1v) is 16.7. The van der Waals surface area contributed by atoms with E-state index in [1.54, 1.807) is 0 Å². The van der Waals surface area contributed by atoms with E-state index >= 15 is 0 Å². The maximum absolute atomic E-state index is 2.40. The summed E-state index contributed by atoms with van der Waals surface area (Å²) in [5, 5.41) is 15.3. The van der Waals surface area contributed by atoms with Gasteiger partial charge < -0.3 is 0 Å². The molecule has 0 aliphatic heterocycles. The average Bonchev–Trinajstić information content (AvgIpc) is 3.16. The van der Waals surface area contributed by atoms with Crippen molar-refractivity contribution >= 4 is 64.6 Å². The normalized spacial score (nSPS) is 11.8. The minimum absolute atomic E-state index is 1.23. The van der Waals surface area contributed by atoms with Crippen molar-refractivity contribution in [2.24, 2.45) is 0 Å². The van der Waals surface area contributed by atoms with E-state index < -0.39 is 0 Å². The smallest absolute Gasteiger partial charge is 0.00261 e. The van der Waals surface area contributed by atoms with Gasteiger partial charge in [-0.1, -0.05) is 164 Å². The number of hydrogen-bond donors (Lipinski definition) is 0. The van der Waals surface area contributed by atoms with Crippen molar-refractivity contribution in [1.29, 1.82) is 0 Å². The largest absolute Gasteiger partial charge is 0.0616 e.